The highest BCUT2D eigenvalue weighted by Crippen LogP contribution is 2.09. The fourth-order valence-corrected chi connectivity index (χ4v) is 2.82. The van der Waals surface area contributed by atoms with Crippen LogP contribution < -0.4 is 10.5 Å². The van der Waals surface area contributed by atoms with Crippen LogP contribution in [0.2, 0.25) is 0 Å². The molecule has 0 amide bonds. The Hall–Kier alpha value is -1.47. The first-order valence-electron chi connectivity index (χ1n) is 7.34. The van der Waals surface area contributed by atoms with Crippen molar-refractivity contribution < 1.29 is 10.0 Å². The SMILES string of the molecule is Cn1c(O)c(C=NCC[NH+]2CCCCC2)c(=O)n(C)c1=S. The molecule has 0 aromatic carbocycles. The van der Waals surface area contributed by atoms with Crippen LogP contribution in [0.15, 0.2) is 9.79 Å². The zero-order chi connectivity index (χ0) is 15.4. The largest absolute Gasteiger partial charge is 0.494 e. The number of aromatic hydroxyl groups is 1. The maximum Gasteiger partial charge on any atom is 0.266 e. The van der Waals surface area contributed by atoms with Crippen LogP contribution in [-0.4, -0.2) is 46.6 Å². The minimum absolute atomic E-state index is 0.128. The Balaban J connectivity index is 2.07. The van der Waals surface area contributed by atoms with Gasteiger partial charge in [0.15, 0.2) is 4.77 Å². The van der Waals surface area contributed by atoms with Gasteiger partial charge in [0, 0.05) is 20.3 Å². The molecule has 116 valence electrons. The molecule has 21 heavy (non-hydrogen) atoms. The van der Waals surface area contributed by atoms with Crippen molar-refractivity contribution in [1.29, 1.82) is 0 Å². The summed E-state index contributed by atoms with van der Waals surface area (Å²) in [5.41, 5.74) is -0.119. The van der Waals surface area contributed by atoms with Crippen LogP contribution in [0.25, 0.3) is 0 Å². The van der Waals surface area contributed by atoms with Gasteiger partial charge in [-0.15, -0.1) is 0 Å². The first-order valence-corrected chi connectivity index (χ1v) is 7.75. The van der Waals surface area contributed by atoms with E-state index in [4.69, 9.17) is 12.2 Å². The number of quaternary nitrogens is 1. The second kappa shape index (κ2) is 7.00. The van der Waals surface area contributed by atoms with Gasteiger partial charge in [-0.05, 0) is 31.5 Å². The van der Waals surface area contributed by atoms with Crippen molar-refractivity contribution in [1.82, 2.24) is 9.13 Å². The molecule has 1 saturated heterocycles. The van der Waals surface area contributed by atoms with Crippen LogP contribution in [0.5, 0.6) is 5.88 Å². The van der Waals surface area contributed by atoms with Crippen molar-refractivity contribution in [3.63, 3.8) is 0 Å². The zero-order valence-corrected chi connectivity index (χ0v) is 13.4. The van der Waals surface area contributed by atoms with Crippen LogP contribution in [0.3, 0.4) is 0 Å². The van der Waals surface area contributed by atoms with Crippen molar-refractivity contribution in [2.24, 2.45) is 19.1 Å². The Morgan fingerprint density at radius 3 is 2.62 bits per heavy atom. The van der Waals surface area contributed by atoms with Gasteiger partial charge in [-0.3, -0.25) is 18.9 Å². The molecule has 2 heterocycles. The van der Waals surface area contributed by atoms with E-state index in [1.54, 1.807) is 19.0 Å². The lowest BCUT2D eigenvalue weighted by atomic mass is 10.1. The fourth-order valence-electron chi connectivity index (χ4n) is 2.65. The maximum absolute atomic E-state index is 12.1. The normalized spacial score (nSPS) is 16.7. The van der Waals surface area contributed by atoms with Gasteiger partial charge >= 0.3 is 0 Å². The van der Waals surface area contributed by atoms with Crippen molar-refractivity contribution >= 4 is 18.4 Å². The first-order chi connectivity index (χ1) is 10.0. The number of hydrogen-bond donors (Lipinski definition) is 2. The third-order valence-corrected chi connectivity index (χ3v) is 4.59. The number of aliphatic imine (C=N–C) groups is 1. The van der Waals surface area contributed by atoms with Crippen molar-refractivity contribution in [2.75, 3.05) is 26.2 Å². The van der Waals surface area contributed by atoms with E-state index in [9.17, 15) is 9.90 Å². The molecule has 0 bridgehead atoms. The molecule has 0 unspecified atom stereocenters. The Morgan fingerprint density at radius 2 is 1.95 bits per heavy atom. The smallest absolute Gasteiger partial charge is 0.266 e. The molecule has 7 heteroatoms. The number of nitrogens with zero attached hydrogens (tertiary/aromatic N) is 3. The minimum atomic E-state index is -0.315. The predicted octanol–water partition coefficient (Wildman–Crippen LogP) is -0.353. The lowest BCUT2D eigenvalue weighted by Gasteiger charge is -2.22. The Kier molecular flexibility index (Phi) is 5.30. The Labute approximate surface area is 129 Å². The van der Waals surface area contributed by atoms with E-state index in [-0.39, 0.29) is 21.8 Å². The molecular formula is C14H23N4O2S+. The molecular weight excluding hydrogens is 288 g/mol. The molecule has 1 aliphatic rings. The van der Waals surface area contributed by atoms with E-state index in [1.165, 1.54) is 47.7 Å². The van der Waals surface area contributed by atoms with Gasteiger partial charge in [-0.1, -0.05) is 0 Å². The van der Waals surface area contributed by atoms with E-state index in [2.05, 4.69) is 4.99 Å². The highest BCUT2D eigenvalue weighted by Gasteiger charge is 2.13. The number of nitrogens with one attached hydrogen (secondary N) is 1. The van der Waals surface area contributed by atoms with Gasteiger partial charge in [-0.25, -0.2) is 0 Å². The summed E-state index contributed by atoms with van der Waals surface area (Å²) in [4.78, 5) is 18.0. The van der Waals surface area contributed by atoms with Crippen LogP contribution >= 0.6 is 12.2 Å². The molecule has 1 aliphatic heterocycles. The summed E-state index contributed by atoms with van der Waals surface area (Å²) < 4.78 is 3.03. The van der Waals surface area contributed by atoms with Gasteiger partial charge in [0.1, 0.15) is 5.56 Å². The summed E-state index contributed by atoms with van der Waals surface area (Å²) in [7, 11) is 3.23. The van der Waals surface area contributed by atoms with Crippen molar-refractivity contribution in [3.05, 3.63) is 20.7 Å². The molecule has 2 rings (SSSR count). The summed E-state index contributed by atoms with van der Waals surface area (Å²) in [6, 6.07) is 0. The van der Waals surface area contributed by atoms with E-state index >= 15 is 0 Å². The molecule has 1 fully saturated rings. The average molecular weight is 311 g/mol. The molecule has 1 aromatic heterocycles. The highest BCUT2D eigenvalue weighted by atomic mass is 32.1. The van der Waals surface area contributed by atoms with E-state index < -0.39 is 0 Å². The minimum Gasteiger partial charge on any atom is -0.494 e. The second-order valence-corrected chi connectivity index (χ2v) is 5.90. The Bertz CT molecular complexity index is 642. The Morgan fingerprint density at radius 1 is 1.29 bits per heavy atom. The fraction of sp³-hybridized carbons (Fsp3) is 0.643. The first kappa shape index (κ1) is 15.9. The summed E-state index contributed by atoms with van der Waals surface area (Å²) >= 11 is 5.07. The van der Waals surface area contributed by atoms with Crippen molar-refractivity contribution in [3.8, 4) is 5.88 Å². The summed E-state index contributed by atoms with van der Waals surface area (Å²) in [6.07, 6.45) is 5.38. The van der Waals surface area contributed by atoms with Gasteiger partial charge in [0.05, 0.1) is 26.2 Å². The van der Waals surface area contributed by atoms with Crippen LogP contribution in [0.4, 0.5) is 0 Å². The summed E-state index contributed by atoms with van der Waals surface area (Å²) in [5, 5.41) is 10.0. The molecule has 0 atom stereocenters. The monoisotopic (exact) mass is 311 g/mol. The quantitative estimate of drug-likeness (QED) is 0.590. The van der Waals surface area contributed by atoms with E-state index in [0.717, 1.165) is 6.54 Å². The molecule has 0 radical (unpaired) electrons. The number of hydrogen-bond acceptors (Lipinski definition) is 4. The molecule has 2 N–H and O–H groups in total. The second-order valence-electron chi connectivity index (χ2n) is 5.54. The predicted molar refractivity (Wildman–Crippen MR) is 85.0 cm³/mol. The summed E-state index contributed by atoms with van der Waals surface area (Å²) in [5.74, 6) is -0.128. The standard InChI is InChI=1S/C14H22N4O2S/c1-16-12(19)11(13(20)17(2)14(16)21)10-15-6-9-18-7-4-3-5-8-18/h10,19H,3-9H2,1-2H3/p+1. The number of rotatable bonds is 4. The molecule has 1 aromatic rings. The molecule has 0 spiro atoms. The van der Waals surface area contributed by atoms with Gasteiger partial charge < -0.3 is 10.0 Å². The van der Waals surface area contributed by atoms with Crippen LogP contribution in [0, 0.1) is 4.77 Å². The highest BCUT2D eigenvalue weighted by molar-refractivity contribution is 7.71. The van der Waals surface area contributed by atoms with Crippen molar-refractivity contribution in [2.45, 2.75) is 19.3 Å². The molecule has 6 nitrogen and oxygen atoms in total. The molecule has 0 saturated carbocycles. The maximum atomic E-state index is 12.1. The van der Waals surface area contributed by atoms with Gasteiger partial charge in [0.25, 0.3) is 5.56 Å². The van der Waals surface area contributed by atoms with Crippen LogP contribution in [-0.2, 0) is 14.1 Å². The number of piperidine rings is 1. The van der Waals surface area contributed by atoms with Gasteiger partial charge in [0.2, 0.25) is 5.88 Å². The molecule has 0 aliphatic carbocycles. The average Bonchev–Trinajstić information content (AvgIpc) is 2.51. The lowest BCUT2D eigenvalue weighted by molar-refractivity contribution is -0.903. The van der Waals surface area contributed by atoms with Gasteiger partial charge in [-0.2, -0.15) is 0 Å². The van der Waals surface area contributed by atoms with E-state index in [0.29, 0.717) is 6.54 Å². The summed E-state index contributed by atoms with van der Waals surface area (Å²) in [6.45, 7) is 4.06. The third-order valence-electron chi connectivity index (χ3n) is 4.04. The lowest BCUT2D eigenvalue weighted by Crippen LogP contribution is -3.13. The third kappa shape index (κ3) is 3.59. The zero-order valence-electron chi connectivity index (χ0n) is 12.6. The van der Waals surface area contributed by atoms with Crippen LogP contribution in [0.1, 0.15) is 24.8 Å². The topological polar surface area (TPSA) is 64.0 Å². The van der Waals surface area contributed by atoms with E-state index in [1.807, 2.05) is 0 Å². The number of aromatic nitrogens is 2. The number of likely N-dealkylation sites (tertiary alicyclic amines) is 1.